The molecule has 0 aromatic rings. The molecule has 3 heteroatoms. The summed E-state index contributed by atoms with van der Waals surface area (Å²) < 4.78 is 0. The number of hydrogen-bond donors (Lipinski definition) is 2. The van der Waals surface area contributed by atoms with Gasteiger partial charge in [-0.15, -0.1) is 0 Å². The minimum Gasteiger partial charge on any atom is -0.355 e. The summed E-state index contributed by atoms with van der Waals surface area (Å²) in [6, 6.07) is 0.752. The Hall–Kier alpha value is -0.570. The van der Waals surface area contributed by atoms with Gasteiger partial charge >= 0.3 is 0 Å². The monoisotopic (exact) mass is 194 g/mol. The van der Waals surface area contributed by atoms with Crippen LogP contribution in [0.3, 0.4) is 0 Å². The molecule has 3 aliphatic rings. The molecule has 0 aromatic heterocycles. The van der Waals surface area contributed by atoms with Crippen molar-refractivity contribution in [1.29, 1.82) is 0 Å². The van der Waals surface area contributed by atoms with Gasteiger partial charge in [-0.2, -0.15) is 0 Å². The van der Waals surface area contributed by atoms with Crippen molar-refractivity contribution in [3.63, 3.8) is 0 Å². The van der Waals surface area contributed by atoms with E-state index >= 15 is 0 Å². The molecule has 0 aromatic carbocycles. The average Bonchev–Trinajstić information content (AvgIpc) is 2.87. The van der Waals surface area contributed by atoms with Gasteiger partial charge in [-0.1, -0.05) is 12.8 Å². The molecule has 14 heavy (non-hydrogen) atoms. The number of nitrogens with one attached hydrogen (secondary N) is 2. The molecule has 0 radical (unpaired) electrons. The fourth-order valence-electron chi connectivity index (χ4n) is 3.13. The third-order valence-corrected chi connectivity index (χ3v) is 4.05. The fourth-order valence-corrected chi connectivity index (χ4v) is 3.13. The Labute approximate surface area is 84.6 Å². The molecule has 3 fully saturated rings. The third-order valence-electron chi connectivity index (χ3n) is 4.05. The minimum absolute atomic E-state index is 0.111. The van der Waals surface area contributed by atoms with Gasteiger partial charge in [0.15, 0.2) is 0 Å². The smallest absolute Gasteiger partial charge is 0.237 e. The summed E-state index contributed by atoms with van der Waals surface area (Å²) in [6.07, 6.45) is 6.45. The van der Waals surface area contributed by atoms with E-state index in [0.29, 0.717) is 6.04 Å². The number of carbonyl (C=O) groups excluding carboxylic acids is 1. The molecular weight excluding hydrogens is 176 g/mol. The summed E-state index contributed by atoms with van der Waals surface area (Å²) in [6.45, 7) is 0.858. The second kappa shape index (κ2) is 3.23. The van der Waals surface area contributed by atoms with E-state index in [1.54, 1.807) is 0 Å². The molecule has 1 heterocycles. The summed E-state index contributed by atoms with van der Waals surface area (Å²) in [7, 11) is 0. The Morgan fingerprint density at radius 1 is 1.29 bits per heavy atom. The third kappa shape index (κ3) is 1.44. The zero-order valence-corrected chi connectivity index (χ0v) is 8.46. The first kappa shape index (κ1) is 8.72. The first-order valence-electron chi connectivity index (χ1n) is 5.88. The van der Waals surface area contributed by atoms with Crippen molar-refractivity contribution in [2.24, 2.45) is 11.8 Å². The number of rotatable bonds is 2. The van der Waals surface area contributed by atoms with Gasteiger partial charge in [-0.05, 0) is 31.1 Å². The number of hydrogen-bond acceptors (Lipinski definition) is 2. The van der Waals surface area contributed by atoms with Crippen LogP contribution in [-0.4, -0.2) is 24.5 Å². The van der Waals surface area contributed by atoms with Crippen LogP contribution in [0.25, 0.3) is 0 Å². The quantitative estimate of drug-likeness (QED) is 0.678. The molecule has 3 nitrogen and oxygen atoms in total. The van der Waals surface area contributed by atoms with Crippen molar-refractivity contribution in [3.8, 4) is 0 Å². The van der Waals surface area contributed by atoms with Crippen LogP contribution in [0.1, 0.15) is 32.1 Å². The van der Waals surface area contributed by atoms with Crippen LogP contribution >= 0.6 is 0 Å². The van der Waals surface area contributed by atoms with Crippen molar-refractivity contribution in [3.05, 3.63) is 0 Å². The van der Waals surface area contributed by atoms with Gasteiger partial charge in [0.2, 0.25) is 5.91 Å². The van der Waals surface area contributed by atoms with Gasteiger partial charge in [0.25, 0.3) is 0 Å². The second-order valence-corrected chi connectivity index (χ2v) is 5.00. The highest BCUT2D eigenvalue weighted by molar-refractivity contribution is 5.83. The maximum absolute atomic E-state index is 11.4. The molecule has 1 saturated heterocycles. The summed E-state index contributed by atoms with van der Waals surface area (Å²) in [4.78, 5) is 11.4. The first-order chi connectivity index (χ1) is 6.84. The Bertz CT molecular complexity index is 254. The minimum atomic E-state index is 0.111. The molecule has 2 N–H and O–H groups in total. The zero-order chi connectivity index (χ0) is 9.54. The Balaban J connectivity index is 1.58. The van der Waals surface area contributed by atoms with E-state index in [-0.39, 0.29) is 11.9 Å². The van der Waals surface area contributed by atoms with Crippen LogP contribution in [-0.2, 0) is 4.79 Å². The predicted octanol–water partition coefficient (Wildman–Crippen LogP) is 0.653. The standard InChI is InChI=1S/C11H18N2O/c14-11-10(4-5-12-11)13-9-3-1-2-7-6-8(7)9/h7-10,13H,1-6H2,(H,12,14)/t7-,8+,9?,10?/m0/s1. The van der Waals surface area contributed by atoms with Crippen molar-refractivity contribution in [2.75, 3.05) is 6.54 Å². The number of amides is 1. The van der Waals surface area contributed by atoms with Crippen LogP contribution in [0.4, 0.5) is 0 Å². The van der Waals surface area contributed by atoms with Crippen LogP contribution in [0.2, 0.25) is 0 Å². The molecule has 4 atom stereocenters. The molecule has 1 aliphatic heterocycles. The zero-order valence-electron chi connectivity index (χ0n) is 8.46. The molecule has 3 rings (SSSR count). The number of fused-ring (bicyclic) bond motifs is 1. The van der Waals surface area contributed by atoms with Crippen molar-refractivity contribution in [2.45, 2.75) is 44.2 Å². The van der Waals surface area contributed by atoms with E-state index in [4.69, 9.17) is 0 Å². The van der Waals surface area contributed by atoms with E-state index in [1.807, 2.05) is 0 Å². The predicted molar refractivity (Wildman–Crippen MR) is 53.8 cm³/mol. The summed E-state index contributed by atoms with van der Waals surface area (Å²) in [5.74, 6) is 2.11. The normalized spacial score (nSPS) is 45.9. The maximum atomic E-state index is 11.4. The first-order valence-corrected chi connectivity index (χ1v) is 5.88. The lowest BCUT2D eigenvalue weighted by Gasteiger charge is -2.25. The van der Waals surface area contributed by atoms with Crippen LogP contribution in [0.5, 0.6) is 0 Å². The number of carbonyl (C=O) groups is 1. The highest BCUT2D eigenvalue weighted by atomic mass is 16.2. The Morgan fingerprint density at radius 3 is 3.00 bits per heavy atom. The van der Waals surface area contributed by atoms with Crippen molar-refractivity contribution in [1.82, 2.24) is 10.6 Å². The lowest BCUT2D eigenvalue weighted by molar-refractivity contribution is -0.121. The van der Waals surface area contributed by atoms with Gasteiger partial charge in [0.1, 0.15) is 0 Å². The SMILES string of the molecule is O=C1NCCC1NC1CCC[C@H]2C[C@@H]12. The van der Waals surface area contributed by atoms with E-state index in [2.05, 4.69) is 10.6 Å². The average molecular weight is 194 g/mol. The maximum Gasteiger partial charge on any atom is 0.237 e. The molecule has 2 unspecified atom stereocenters. The molecule has 78 valence electrons. The largest absolute Gasteiger partial charge is 0.355 e. The van der Waals surface area contributed by atoms with E-state index < -0.39 is 0 Å². The fraction of sp³-hybridized carbons (Fsp3) is 0.909. The van der Waals surface area contributed by atoms with E-state index in [9.17, 15) is 4.79 Å². The molecular formula is C11H18N2O. The van der Waals surface area contributed by atoms with E-state index in [0.717, 1.165) is 24.8 Å². The second-order valence-electron chi connectivity index (χ2n) is 5.00. The summed E-state index contributed by atoms with van der Waals surface area (Å²) in [5, 5.41) is 6.43. The molecule has 0 bridgehead atoms. The van der Waals surface area contributed by atoms with Gasteiger partial charge in [0.05, 0.1) is 6.04 Å². The Morgan fingerprint density at radius 2 is 2.21 bits per heavy atom. The van der Waals surface area contributed by atoms with Crippen molar-refractivity contribution >= 4 is 5.91 Å². The van der Waals surface area contributed by atoms with Crippen LogP contribution < -0.4 is 10.6 Å². The van der Waals surface area contributed by atoms with Gasteiger partial charge in [0, 0.05) is 12.6 Å². The van der Waals surface area contributed by atoms with Gasteiger partial charge in [-0.25, -0.2) is 0 Å². The molecule has 1 amide bonds. The lowest BCUT2D eigenvalue weighted by Crippen LogP contribution is -2.44. The molecule has 2 saturated carbocycles. The summed E-state index contributed by atoms with van der Waals surface area (Å²) >= 11 is 0. The Kier molecular flexibility index (Phi) is 2.01. The topological polar surface area (TPSA) is 41.1 Å². The van der Waals surface area contributed by atoms with E-state index in [1.165, 1.54) is 25.7 Å². The van der Waals surface area contributed by atoms with Gasteiger partial charge < -0.3 is 10.6 Å². The van der Waals surface area contributed by atoms with Gasteiger partial charge in [-0.3, -0.25) is 4.79 Å². The molecule has 2 aliphatic carbocycles. The lowest BCUT2D eigenvalue weighted by atomic mass is 9.94. The van der Waals surface area contributed by atoms with Crippen LogP contribution in [0, 0.1) is 11.8 Å². The van der Waals surface area contributed by atoms with Crippen LogP contribution in [0.15, 0.2) is 0 Å². The van der Waals surface area contributed by atoms with Crippen molar-refractivity contribution < 1.29 is 4.79 Å². The molecule has 0 spiro atoms. The highest BCUT2D eigenvalue weighted by Crippen LogP contribution is 2.49. The summed E-state index contributed by atoms with van der Waals surface area (Å²) in [5.41, 5.74) is 0. The highest BCUT2D eigenvalue weighted by Gasteiger charge is 2.46.